The monoisotopic (exact) mass is 257 g/mol. The van der Waals surface area contributed by atoms with E-state index in [-0.39, 0.29) is 5.75 Å². The van der Waals surface area contributed by atoms with Crippen molar-refractivity contribution >= 4 is 23.6 Å². The lowest BCUT2D eigenvalue weighted by molar-refractivity contribution is -0.145. The molecule has 1 N–H and O–H groups in total. The highest BCUT2D eigenvalue weighted by molar-refractivity contribution is 8.00. The Bertz CT molecular complexity index is 295. The summed E-state index contributed by atoms with van der Waals surface area (Å²) in [7, 11) is 1.12. The molecule has 0 spiro atoms. The number of amides is 1. The average Bonchev–Trinajstić information content (AvgIpc) is 2.38. The van der Waals surface area contributed by atoms with Gasteiger partial charge in [0.2, 0.25) is 5.91 Å². The smallest absolute Gasteiger partial charge is 0.401 e. The van der Waals surface area contributed by atoms with Gasteiger partial charge in [0.05, 0.1) is 7.11 Å². The number of carbonyl (C=O) groups excluding carboxylic acids is 2. The number of carbonyl (C=O) groups is 2. The minimum atomic E-state index is -4.44. The second-order valence-corrected chi connectivity index (χ2v) is 4.45. The second-order valence-electron chi connectivity index (χ2n) is 3.21. The normalized spacial score (nSPS) is 26.9. The molecule has 2 atom stereocenters. The standard InChI is InChI=1S/C8H10F3NO3S/c1-15-7(14)4-3-16-5(8(9,10)11)2-6(13)12-4/h4-5H,2-3H2,1H3,(H,12,13)/t4-,5-/m0/s1. The van der Waals surface area contributed by atoms with Gasteiger partial charge in [-0.15, -0.1) is 11.8 Å². The predicted octanol–water partition coefficient (Wildman–Crippen LogP) is 0.712. The number of rotatable bonds is 1. The Kier molecular flexibility index (Phi) is 4.06. The topological polar surface area (TPSA) is 55.4 Å². The lowest BCUT2D eigenvalue weighted by Crippen LogP contribution is -2.42. The Hall–Kier alpha value is -0.920. The zero-order chi connectivity index (χ0) is 12.3. The van der Waals surface area contributed by atoms with Crippen LogP contribution in [0.25, 0.3) is 0 Å². The molecule has 4 nitrogen and oxygen atoms in total. The summed E-state index contributed by atoms with van der Waals surface area (Å²) in [6.45, 7) is 0. The molecule has 1 rings (SSSR count). The summed E-state index contributed by atoms with van der Waals surface area (Å²) in [6, 6.07) is -1.00. The number of hydrogen-bond donors (Lipinski definition) is 1. The van der Waals surface area contributed by atoms with Crippen LogP contribution in [0.5, 0.6) is 0 Å². The molecule has 0 aliphatic carbocycles. The lowest BCUT2D eigenvalue weighted by Gasteiger charge is -2.16. The van der Waals surface area contributed by atoms with E-state index in [9.17, 15) is 22.8 Å². The van der Waals surface area contributed by atoms with Crippen LogP contribution in [-0.4, -0.2) is 42.2 Å². The maximum atomic E-state index is 12.4. The molecular formula is C8H10F3NO3S. The molecule has 1 saturated heterocycles. The zero-order valence-electron chi connectivity index (χ0n) is 8.34. The Balaban J connectivity index is 2.70. The van der Waals surface area contributed by atoms with Gasteiger partial charge < -0.3 is 10.1 Å². The zero-order valence-corrected chi connectivity index (χ0v) is 9.15. The highest BCUT2D eigenvalue weighted by Gasteiger charge is 2.44. The van der Waals surface area contributed by atoms with Gasteiger partial charge in [0, 0.05) is 12.2 Å². The number of ether oxygens (including phenoxy) is 1. The summed E-state index contributed by atoms with van der Waals surface area (Å²) >= 11 is 0.537. The molecule has 0 saturated carbocycles. The van der Waals surface area contributed by atoms with Crippen LogP contribution in [0.2, 0.25) is 0 Å². The van der Waals surface area contributed by atoms with Gasteiger partial charge in [-0.1, -0.05) is 0 Å². The molecule has 0 aromatic carbocycles. The van der Waals surface area contributed by atoms with Crippen molar-refractivity contribution in [3.8, 4) is 0 Å². The van der Waals surface area contributed by atoms with Crippen molar-refractivity contribution in [2.24, 2.45) is 0 Å². The molecule has 92 valence electrons. The fourth-order valence-corrected chi connectivity index (χ4v) is 2.32. The number of esters is 1. The van der Waals surface area contributed by atoms with E-state index >= 15 is 0 Å². The Morgan fingerprint density at radius 1 is 1.56 bits per heavy atom. The summed E-state index contributed by atoms with van der Waals surface area (Å²) in [5, 5.41) is 0.435. The van der Waals surface area contributed by atoms with Gasteiger partial charge in [-0.3, -0.25) is 4.79 Å². The third-order valence-electron chi connectivity index (χ3n) is 2.02. The molecule has 0 bridgehead atoms. The Labute approximate surface area is 93.9 Å². The third-order valence-corrected chi connectivity index (χ3v) is 3.38. The third kappa shape index (κ3) is 3.29. The van der Waals surface area contributed by atoms with Crippen LogP contribution in [0, 0.1) is 0 Å². The van der Waals surface area contributed by atoms with Crippen molar-refractivity contribution in [2.45, 2.75) is 23.9 Å². The average molecular weight is 257 g/mol. The number of nitrogens with one attached hydrogen (secondary N) is 1. The summed E-state index contributed by atoms with van der Waals surface area (Å²) in [5.74, 6) is -1.66. The van der Waals surface area contributed by atoms with Gasteiger partial charge in [-0.25, -0.2) is 4.79 Å². The van der Waals surface area contributed by atoms with E-state index in [0.717, 1.165) is 7.11 Å². The number of thioether (sulfide) groups is 1. The van der Waals surface area contributed by atoms with E-state index in [0.29, 0.717) is 11.8 Å². The van der Waals surface area contributed by atoms with Crippen molar-refractivity contribution in [1.82, 2.24) is 5.32 Å². The minimum absolute atomic E-state index is 0.136. The molecule has 8 heteroatoms. The summed E-state index contributed by atoms with van der Waals surface area (Å²) in [4.78, 5) is 22.2. The first-order valence-corrected chi connectivity index (χ1v) is 5.45. The van der Waals surface area contributed by atoms with Crippen LogP contribution in [0.15, 0.2) is 0 Å². The van der Waals surface area contributed by atoms with Crippen LogP contribution in [0.1, 0.15) is 6.42 Å². The van der Waals surface area contributed by atoms with E-state index in [1.54, 1.807) is 0 Å². The van der Waals surface area contributed by atoms with E-state index in [2.05, 4.69) is 10.1 Å². The van der Waals surface area contributed by atoms with Crippen LogP contribution >= 0.6 is 11.8 Å². The number of alkyl halides is 3. The van der Waals surface area contributed by atoms with Crippen LogP contribution in [-0.2, 0) is 14.3 Å². The Morgan fingerprint density at radius 3 is 2.69 bits per heavy atom. The maximum Gasteiger partial charge on any atom is 0.401 e. The molecule has 16 heavy (non-hydrogen) atoms. The van der Waals surface area contributed by atoms with Crippen LogP contribution < -0.4 is 5.32 Å². The van der Waals surface area contributed by atoms with Crippen molar-refractivity contribution in [1.29, 1.82) is 0 Å². The number of halogens is 3. The molecule has 0 unspecified atom stereocenters. The molecular weight excluding hydrogens is 247 g/mol. The van der Waals surface area contributed by atoms with Crippen molar-refractivity contribution in [2.75, 3.05) is 12.9 Å². The molecule has 0 radical (unpaired) electrons. The van der Waals surface area contributed by atoms with E-state index in [4.69, 9.17) is 0 Å². The van der Waals surface area contributed by atoms with Gasteiger partial charge in [0.25, 0.3) is 0 Å². The first-order valence-electron chi connectivity index (χ1n) is 4.40. The molecule has 1 heterocycles. The van der Waals surface area contributed by atoms with Crippen molar-refractivity contribution < 1.29 is 27.5 Å². The largest absolute Gasteiger partial charge is 0.467 e. The number of hydrogen-bond acceptors (Lipinski definition) is 4. The minimum Gasteiger partial charge on any atom is -0.467 e. The fourth-order valence-electron chi connectivity index (χ4n) is 1.21. The Morgan fingerprint density at radius 2 is 2.19 bits per heavy atom. The number of methoxy groups -OCH3 is 1. The van der Waals surface area contributed by atoms with E-state index < -0.39 is 35.8 Å². The quantitative estimate of drug-likeness (QED) is 0.703. The van der Waals surface area contributed by atoms with Crippen LogP contribution in [0.3, 0.4) is 0 Å². The molecule has 1 aliphatic heterocycles. The summed E-state index contributed by atoms with van der Waals surface area (Å²) < 4.78 is 41.5. The fraction of sp³-hybridized carbons (Fsp3) is 0.750. The molecule has 0 aromatic heterocycles. The second kappa shape index (κ2) is 4.94. The maximum absolute atomic E-state index is 12.4. The highest BCUT2D eigenvalue weighted by Crippen LogP contribution is 2.34. The van der Waals surface area contributed by atoms with Crippen molar-refractivity contribution in [3.63, 3.8) is 0 Å². The summed E-state index contributed by atoms with van der Waals surface area (Å²) in [5.41, 5.74) is 0. The van der Waals surface area contributed by atoms with Crippen molar-refractivity contribution in [3.05, 3.63) is 0 Å². The van der Waals surface area contributed by atoms with E-state index in [1.165, 1.54) is 0 Å². The van der Waals surface area contributed by atoms with Gasteiger partial charge in [-0.05, 0) is 0 Å². The van der Waals surface area contributed by atoms with Gasteiger partial charge in [0.1, 0.15) is 11.3 Å². The molecule has 0 aromatic rings. The first kappa shape index (κ1) is 13.1. The van der Waals surface area contributed by atoms with Crippen LogP contribution in [0.4, 0.5) is 13.2 Å². The SMILES string of the molecule is COC(=O)[C@@H]1CS[C@H](C(F)(F)F)CC(=O)N1. The highest BCUT2D eigenvalue weighted by atomic mass is 32.2. The molecule has 1 aliphatic rings. The molecule has 1 fully saturated rings. The lowest BCUT2D eigenvalue weighted by atomic mass is 10.2. The van der Waals surface area contributed by atoms with E-state index in [1.807, 2.05) is 0 Å². The van der Waals surface area contributed by atoms with Gasteiger partial charge in [-0.2, -0.15) is 13.2 Å². The van der Waals surface area contributed by atoms with Gasteiger partial charge in [0.15, 0.2) is 0 Å². The first-order chi connectivity index (χ1) is 7.34. The summed E-state index contributed by atoms with van der Waals surface area (Å²) in [6.07, 6.45) is -5.10. The predicted molar refractivity (Wildman–Crippen MR) is 50.9 cm³/mol. The van der Waals surface area contributed by atoms with Gasteiger partial charge >= 0.3 is 12.1 Å². The molecule has 1 amide bonds.